The van der Waals surface area contributed by atoms with Gasteiger partial charge in [0.2, 0.25) is 0 Å². The van der Waals surface area contributed by atoms with Gasteiger partial charge in [-0.05, 0) is 31.0 Å². The molecule has 0 spiro atoms. The Kier molecular flexibility index (Phi) is 6.21. The van der Waals surface area contributed by atoms with Crippen molar-refractivity contribution in [2.75, 3.05) is 13.1 Å². The maximum atomic E-state index is 5.76. The molecule has 0 radical (unpaired) electrons. The minimum atomic E-state index is 0.125. The van der Waals surface area contributed by atoms with Gasteiger partial charge in [-0.25, -0.2) is 0 Å². The highest BCUT2D eigenvalue weighted by atomic mass is 16.5. The third-order valence-corrected chi connectivity index (χ3v) is 2.46. The molecule has 0 aliphatic rings. The van der Waals surface area contributed by atoms with Gasteiger partial charge in [0.15, 0.2) is 0 Å². The first-order valence-electron chi connectivity index (χ1n) is 6.16. The Morgan fingerprint density at radius 2 is 2.06 bits per heavy atom. The van der Waals surface area contributed by atoms with Crippen molar-refractivity contribution in [1.82, 2.24) is 5.32 Å². The molecule has 1 unspecified atom stereocenters. The highest BCUT2D eigenvalue weighted by Crippen LogP contribution is 2.14. The molecule has 92 valence electrons. The molecule has 0 aromatic heterocycles. The fraction of sp³-hybridized carbons (Fsp3) is 0.467. The van der Waals surface area contributed by atoms with Gasteiger partial charge in [0.05, 0.1) is 6.54 Å². The Hall–Kier alpha value is -1.46. The van der Waals surface area contributed by atoms with E-state index in [0.717, 1.165) is 18.7 Å². The van der Waals surface area contributed by atoms with Crippen LogP contribution in [0.25, 0.3) is 0 Å². The van der Waals surface area contributed by atoms with Gasteiger partial charge in [-0.1, -0.05) is 31.4 Å². The van der Waals surface area contributed by atoms with Crippen molar-refractivity contribution in [3.63, 3.8) is 0 Å². The molecule has 1 aromatic carbocycles. The molecular weight excluding hydrogens is 210 g/mol. The van der Waals surface area contributed by atoms with Gasteiger partial charge in [0.1, 0.15) is 11.9 Å². The Morgan fingerprint density at radius 3 is 2.65 bits per heavy atom. The summed E-state index contributed by atoms with van der Waals surface area (Å²) < 4.78 is 5.76. The summed E-state index contributed by atoms with van der Waals surface area (Å²) >= 11 is 0. The molecule has 2 nitrogen and oxygen atoms in total. The second-order valence-corrected chi connectivity index (χ2v) is 4.16. The number of hydrogen-bond acceptors (Lipinski definition) is 2. The van der Waals surface area contributed by atoms with E-state index < -0.39 is 0 Å². The molecule has 2 heteroatoms. The van der Waals surface area contributed by atoms with Gasteiger partial charge in [-0.3, -0.25) is 0 Å². The van der Waals surface area contributed by atoms with Crippen LogP contribution in [0.5, 0.6) is 5.75 Å². The van der Waals surface area contributed by atoms with Crippen LogP contribution in [0.4, 0.5) is 0 Å². The Labute approximate surface area is 104 Å². The molecule has 0 aliphatic carbocycles. The normalized spacial score (nSPS) is 11.8. The lowest BCUT2D eigenvalue weighted by atomic mass is 10.1. The summed E-state index contributed by atoms with van der Waals surface area (Å²) in [6.07, 6.45) is 7.58. The van der Waals surface area contributed by atoms with E-state index in [1.54, 1.807) is 0 Å². The number of aryl methyl sites for hydroxylation is 1. The minimum Gasteiger partial charge on any atom is -0.489 e. The smallest absolute Gasteiger partial charge is 0.119 e. The molecule has 0 heterocycles. The SMILES string of the molecule is C#CCNCC(C)Oc1ccc(CCC)cc1. The summed E-state index contributed by atoms with van der Waals surface area (Å²) in [7, 11) is 0. The lowest BCUT2D eigenvalue weighted by Gasteiger charge is -2.15. The van der Waals surface area contributed by atoms with Gasteiger partial charge >= 0.3 is 0 Å². The number of hydrogen-bond donors (Lipinski definition) is 1. The Morgan fingerprint density at radius 1 is 1.35 bits per heavy atom. The summed E-state index contributed by atoms with van der Waals surface area (Å²) in [5.74, 6) is 3.46. The van der Waals surface area contributed by atoms with Crippen LogP contribution >= 0.6 is 0 Å². The standard InChI is InChI=1S/C15H21NO/c1-4-6-14-7-9-15(10-8-14)17-13(3)12-16-11-5-2/h2,7-10,13,16H,4,6,11-12H2,1,3H3. The van der Waals surface area contributed by atoms with E-state index in [-0.39, 0.29) is 6.10 Å². The highest BCUT2D eigenvalue weighted by Gasteiger charge is 2.02. The van der Waals surface area contributed by atoms with Crippen LogP contribution in [0.2, 0.25) is 0 Å². The van der Waals surface area contributed by atoms with Crippen LogP contribution < -0.4 is 10.1 Å². The molecule has 0 fully saturated rings. The van der Waals surface area contributed by atoms with E-state index in [1.165, 1.54) is 12.0 Å². The van der Waals surface area contributed by atoms with E-state index in [2.05, 4.69) is 30.3 Å². The molecule has 0 saturated heterocycles. The molecule has 0 saturated carbocycles. The van der Waals surface area contributed by atoms with E-state index in [9.17, 15) is 0 Å². The summed E-state index contributed by atoms with van der Waals surface area (Å²) in [5.41, 5.74) is 1.36. The minimum absolute atomic E-state index is 0.125. The van der Waals surface area contributed by atoms with Crippen LogP contribution in [0.15, 0.2) is 24.3 Å². The number of rotatable bonds is 7. The number of benzene rings is 1. The van der Waals surface area contributed by atoms with Gasteiger partial charge in [0, 0.05) is 6.54 Å². The topological polar surface area (TPSA) is 21.3 Å². The molecule has 1 N–H and O–H groups in total. The van der Waals surface area contributed by atoms with Crippen molar-refractivity contribution in [2.45, 2.75) is 32.8 Å². The van der Waals surface area contributed by atoms with Crippen LogP contribution in [0.3, 0.4) is 0 Å². The first-order valence-corrected chi connectivity index (χ1v) is 6.16. The summed E-state index contributed by atoms with van der Waals surface area (Å²) in [5, 5.41) is 3.13. The summed E-state index contributed by atoms with van der Waals surface area (Å²) in [6, 6.07) is 8.31. The van der Waals surface area contributed by atoms with Crippen LogP contribution in [-0.4, -0.2) is 19.2 Å². The zero-order valence-corrected chi connectivity index (χ0v) is 10.7. The lowest BCUT2D eigenvalue weighted by molar-refractivity contribution is 0.219. The molecule has 1 atom stereocenters. The van der Waals surface area contributed by atoms with Crippen LogP contribution in [0.1, 0.15) is 25.8 Å². The molecule has 0 bridgehead atoms. The van der Waals surface area contributed by atoms with Gasteiger partial charge in [0.25, 0.3) is 0 Å². The molecule has 0 aliphatic heterocycles. The third-order valence-electron chi connectivity index (χ3n) is 2.46. The summed E-state index contributed by atoms with van der Waals surface area (Å²) in [4.78, 5) is 0. The van der Waals surface area contributed by atoms with Gasteiger partial charge in [-0.2, -0.15) is 0 Å². The maximum absolute atomic E-state index is 5.76. The lowest BCUT2D eigenvalue weighted by Crippen LogP contribution is -2.29. The van der Waals surface area contributed by atoms with E-state index in [4.69, 9.17) is 11.2 Å². The zero-order chi connectivity index (χ0) is 12.5. The first kappa shape index (κ1) is 13.6. The van der Waals surface area contributed by atoms with Crippen molar-refractivity contribution in [2.24, 2.45) is 0 Å². The second kappa shape index (κ2) is 7.76. The number of nitrogens with one attached hydrogen (secondary N) is 1. The van der Waals surface area contributed by atoms with E-state index >= 15 is 0 Å². The second-order valence-electron chi connectivity index (χ2n) is 4.16. The van der Waals surface area contributed by atoms with Crippen LogP contribution in [-0.2, 0) is 6.42 Å². The van der Waals surface area contributed by atoms with Gasteiger partial charge in [-0.15, -0.1) is 6.42 Å². The highest BCUT2D eigenvalue weighted by molar-refractivity contribution is 5.27. The molecule has 1 rings (SSSR count). The fourth-order valence-corrected chi connectivity index (χ4v) is 1.64. The van der Waals surface area contributed by atoms with E-state index in [0.29, 0.717) is 6.54 Å². The Balaban J connectivity index is 2.38. The van der Waals surface area contributed by atoms with Crippen molar-refractivity contribution in [1.29, 1.82) is 0 Å². The molecule has 17 heavy (non-hydrogen) atoms. The van der Waals surface area contributed by atoms with Crippen molar-refractivity contribution < 1.29 is 4.74 Å². The third kappa shape index (κ3) is 5.42. The Bertz CT molecular complexity index is 350. The van der Waals surface area contributed by atoms with Crippen molar-refractivity contribution >= 4 is 0 Å². The molecule has 0 amide bonds. The van der Waals surface area contributed by atoms with Crippen molar-refractivity contribution in [3.05, 3.63) is 29.8 Å². The number of ether oxygens (including phenoxy) is 1. The quantitative estimate of drug-likeness (QED) is 0.575. The molecular formula is C15H21NO. The average Bonchev–Trinajstić information content (AvgIpc) is 2.32. The zero-order valence-electron chi connectivity index (χ0n) is 10.7. The summed E-state index contributed by atoms with van der Waals surface area (Å²) in [6.45, 7) is 5.57. The van der Waals surface area contributed by atoms with E-state index in [1.807, 2.05) is 19.1 Å². The largest absolute Gasteiger partial charge is 0.489 e. The fourth-order valence-electron chi connectivity index (χ4n) is 1.64. The average molecular weight is 231 g/mol. The maximum Gasteiger partial charge on any atom is 0.119 e. The van der Waals surface area contributed by atoms with Crippen LogP contribution in [0, 0.1) is 12.3 Å². The predicted octanol–water partition coefficient (Wildman–Crippen LogP) is 2.63. The van der Waals surface area contributed by atoms with Gasteiger partial charge < -0.3 is 10.1 Å². The molecule has 1 aromatic rings. The first-order chi connectivity index (χ1) is 8.26. The predicted molar refractivity (Wildman–Crippen MR) is 72.2 cm³/mol. The number of terminal acetylenes is 1. The monoisotopic (exact) mass is 231 g/mol. The van der Waals surface area contributed by atoms with Crippen molar-refractivity contribution in [3.8, 4) is 18.1 Å².